The first-order valence-corrected chi connectivity index (χ1v) is 7.46. The highest BCUT2D eigenvalue weighted by Crippen LogP contribution is 2.08. The molecule has 1 amide bonds. The average molecular weight is 289 g/mol. The number of nitrogens with one attached hydrogen (secondary N) is 1. The van der Waals surface area contributed by atoms with Crippen molar-refractivity contribution in [3.8, 4) is 0 Å². The van der Waals surface area contributed by atoms with Crippen molar-refractivity contribution in [1.29, 1.82) is 0 Å². The van der Waals surface area contributed by atoms with Gasteiger partial charge in [-0.3, -0.25) is 14.2 Å². The molecule has 2 heterocycles. The summed E-state index contributed by atoms with van der Waals surface area (Å²) in [4.78, 5) is 11.8. The number of rotatable bonds is 8. The molecular weight excluding hydrogens is 266 g/mol. The SMILES string of the molecule is CCn1cc(CCC(=O)NCCCn2cccn2)c(C)n1. The molecule has 21 heavy (non-hydrogen) atoms. The highest BCUT2D eigenvalue weighted by atomic mass is 16.1. The van der Waals surface area contributed by atoms with Gasteiger partial charge in [-0.25, -0.2) is 0 Å². The van der Waals surface area contributed by atoms with E-state index in [9.17, 15) is 4.79 Å². The van der Waals surface area contributed by atoms with Crippen LogP contribution < -0.4 is 5.32 Å². The second kappa shape index (κ2) is 7.61. The Kier molecular flexibility index (Phi) is 5.54. The van der Waals surface area contributed by atoms with Gasteiger partial charge >= 0.3 is 0 Å². The summed E-state index contributed by atoms with van der Waals surface area (Å²) in [5.74, 6) is 0.0964. The highest BCUT2D eigenvalue weighted by molar-refractivity contribution is 5.76. The van der Waals surface area contributed by atoms with Crippen LogP contribution in [-0.4, -0.2) is 32.0 Å². The molecule has 1 N–H and O–H groups in total. The second-order valence-corrected chi connectivity index (χ2v) is 5.07. The molecule has 0 radical (unpaired) electrons. The molecule has 0 saturated carbocycles. The number of carbonyl (C=O) groups excluding carboxylic acids is 1. The number of hydrogen-bond donors (Lipinski definition) is 1. The van der Waals surface area contributed by atoms with Gasteiger partial charge in [0.2, 0.25) is 5.91 Å². The van der Waals surface area contributed by atoms with Crippen LogP contribution in [0.4, 0.5) is 0 Å². The van der Waals surface area contributed by atoms with E-state index in [4.69, 9.17) is 0 Å². The van der Waals surface area contributed by atoms with Crippen molar-refractivity contribution in [2.24, 2.45) is 0 Å². The average Bonchev–Trinajstić information content (AvgIpc) is 3.11. The maximum absolute atomic E-state index is 11.8. The van der Waals surface area contributed by atoms with Gasteiger partial charge in [-0.15, -0.1) is 0 Å². The lowest BCUT2D eigenvalue weighted by molar-refractivity contribution is -0.121. The standard InChI is InChI=1S/C15H23N5O/c1-3-19-12-14(13(2)18-19)6-7-15(21)16-8-4-10-20-11-5-9-17-20/h5,9,11-12H,3-4,6-8,10H2,1-2H3,(H,16,21). The van der Waals surface area contributed by atoms with Gasteiger partial charge in [0, 0.05) is 44.6 Å². The summed E-state index contributed by atoms with van der Waals surface area (Å²) in [5, 5.41) is 11.5. The van der Waals surface area contributed by atoms with Gasteiger partial charge < -0.3 is 5.32 Å². The summed E-state index contributed by atoms with van der Waals surface area (Å²) >= 11 is 0. The molecule has 0 aromatic carbocycles. The molecule has 0 bridgehead atoms. The number of aromatic nitrogens is 4. The van der Waals surface area contributed by atoms with Crippen LogP contribution >= 0.6 is 0 Å². The van der Waals surface area contributed by atoms with Crippen LogP contribution in [0.5, 0.6) is 0 Å². The van der Waals surface area contributed by atoms with Crippen LogP contribution in [-0.2, 0) is 24.3 Å². The predicted molar refractivity (Wildman–Crippen MR) is 80.8 cm³/mol. The van der Waals surface area contributed by atoms with E-state index in [0.717, 1.165) is 37.2 Å². The summed E-state index contributed by atoms with van der Waals surface area (Å²) in [6.07, 6.45) is 7.86. The van der Waals surface area contributed by atoms with Gasteiger partial charge in [0.05, 0.1) is 5.69 Å². The van der Waals surface area contributed by atoms with Crippen LogP contribution in [0.15, 0.2) is 24.7 Å². The zero-order valence-electron chi connectivity index (χ0n) is 12.7. The Labute approximate surface area is 125 Å². The Morgan fingerprint density at radius 3 is 2.90 bits per heavy atom. The summed E-state index contributed by atoms with van der Waals surface area (Å²) < 4.78 is 3.78. The van der Waals surface area contributed by atoms with E-state index in [1.807, 2.05) is 34.7 Å². The van der Waals surface area contributed by atoms with Crippen molar-refractivity contribution in [3.05, 3.63) is 35.9 Å². The zero-order chi connectivity index (χ0) is 15.1. The van der Waals surface area contributed by atoms with Crippen LogP contribution in [0, 0.1) is 6.92 Å². The lowest BCUT2D eigenvalue weighted by atomic mass is 10.1. The Morgan fingerprint density at radius 1 is 1.38 bits per heavy atom. The summed E-state index contributed by atoms with van der Waals surface area (Å²) in [5.41, 5.74) is 2.17. The second-order valence-electron chi connectivity index (χ2n) is 5.07. The fraction of sp³-hybridized carbons (Fsp3) is 0.533. The van der Waals surface area contributed by atoms with E-state index in [1.54, 1.807) is 6.20 Å². The molecular formula is C15H23N5O. The minimum absolute atomic E-state index is 0.0964. The summed E-state index contributed by atoms with van der Waals surface area (Å²) in [6.45, 7) is 6.42. The Hall–Kier alpha value is -2.11. The normalized spacial score (nSPS) is 10.8. The summed E-state index contributed by atoms with van der Waals surface area (Å²) in [7, 11) is 0. The molecule has 0 fully saturated rings. The molecule has 2 rings (SSSR count). The van der Waals surface area contributed by atoms with E-state index in [0.29, 0.717) is 13.0 Å². The predicted octanol–water partition coefficient (Wildman–Crippen LogP) is 1.55. The lowest BCUT2D eigenvalue weighted by Gasteiger charge is -2.05. The van der Waals surface area contributed by atoms with Crippen molar-refractivity contribution in [1.82, 2.24) is 24.9 Å². The molecule has 2 aromatic rings. The Bertz CT molecular complexity index is 559. The molecule has 0 unspecified atom stereocenters. The zero-order valence-corrected chi connectivity index (χ0v) is 12.7. The highest BCUT2D eigenvalue weighted by Gasteiger charge is 2.07. The molecule has 0 aliphatic rings. The minimum Gasteiger partial charge on any atom is -0.356 e. The maximum atomic E-state index is 11.8. The molecule has 0 atom stereocenters. The van der Waals surface area contributed by atoms with Gasteiger partial charge in [0.1, 0.15) is 0 Å². The fourth-order valence-corrected chi connectivity index (χ4v) is 2.20. The van der Waals surface area contributed by atoms with E-state index in [-0.39, 0.29) is 5.91 Å². The molecule has 0 aliphatic carbocycles. The van der Waals surface area contributed by atoms with E-state index in [1.165, 1.54) is 0 Å². The summed E-state index contributed by atoms with van der Waals surface area (Å²) in [6, 6.07) is 1.90. The molecule has 0 aliphatic heterocycles. The third-order valence-corrected chi connectivity index (χ3v) is 3.44. The number of nitrogens with zero attached hydrogens (tertiary/aromatic N) is 4. The van der Waals surface area contributed by atoms with Crippen LogP contribution in [0.25, 0.3) is 0 Å². The topological polar surface area (TPSA) is 64.7 Å². The van der Waals surface area contributed by atoms with Crippen molar-refractivity contribution in [3.63, 3.8) is 0 Å². The van der Waals surface area contributed by atoms with Gasteiger partial charge in [-0.1, -0.05) is 0 Å². The number of hydrogen-bond acceptors (Lipinski definition) is 3. The third kappa shape index (κ3) is 4.73. The molecule has 6 nitrogen and oxygen atoms in total. The van der Waals surface area contributed by atoms with E-state index < -0.39 is 0 Å². The first kappa shape index (κ1) is 15.3. The van der Waals surface area contributed by atoms with Crippen molar-refractivity contribution in [2.45, 2.75) is 46.2 Å². The first-order chi connectivity index (χ1) is 10.2. The molecule has 114 valence electrons. The van der Waals surface area contributed by atoms with Gasteiger partial charge in [-0.2, -0.15) is 10.2 Å². The quantitative estimate of drug-likeness (QED) is 0.750. The molecule has 0 saturated heterocycles. The molecule has 6 heteroatoms. The third-order valence-electron chi connectivity index (χ3n) is 3.44. The van der Waals surface area contributed by atoms with Gasteiger partial charge in [0.15, 0.2) is 0 Å². The minimum atomic E-state index is 0.0964. The molecule has 0 spiro atoms. The molecule has 2 aromatic heterocycles. The monoisotopic (exact) mass is 289 g/mol. The van der Waals surface area contributed by atoms with Crippen molar-refractivity contribution in [2.75, 3.05) is 6.54 Å². The van der Waals surface area contributed by atoms with Crippen LogP contribution in [0.1, 0.15) is 31.0 Å². The van der Waals surface area contributed by atoms with Crippen molar-refractivity contribution < 1.29 is 4.79 Å². The Morgan fingerprint density at radius 2 is 2.24 bits per heavy atom. The van der Waals surface area contributed by atoms with Gasteiger partial charge in [0.25, 0.3) is 0 Å². The van der Waals surface area contributed by atoms with Gasteiger partial charge in [-0.05, 0) is 38.3 Å². The number of aryl methyl sites for hydroxylation is 4. The number of amides is 1. The lowest BCUT2D eigenvalue weighted by Crippen LogP contribution is -2.25. The van der Waals surface area contributed by atoms with E-state index >= 15 is 0 Å². The first-order valence-electron chi connectivity index (χ1n) is 7.46. The van der Waals surface area contributed by atoms with Crippen molar-refractivity contribution >= 4 is 5.91 Å². The number of carbonyl (C=O) groups is 1. The largest absolute Gasteiger partial charge is 0.356 e. The van der Waals surface area contributed by atoms with Crippen LogP contribution in [0.2, 0.25) is 0 Å². The fourth-order valence-electron chi connectivity index (χ4n) is 2.20. The maximum Gasteiger partial charge on any atom is 0.220 e. The van der Waals surface area contributed by atoms with E-state index in [2.05, 4.69) is 22.4 Å². The van der Waals surface area contributed by atoms with Crippen LogP contribution in [0.3, 0.4) is 0 Å². The smallest absolute Gasteiger partial charge is 0.220 e. The Balaban J connectivity index is 1.64.